The van der Waals surface area contributed by atoms with Crippen molar-refractivity contribution in [1.29, 1.82) is 0 Å². The minimum atomic E-state index is -3.37. The van der Waals surface area contributed by atoms with E-state index in [0.717, 1.165) is 23.1 Å². The van der Waals surface area contributed by atoms with Crippen LogP contribution in [0.15, 0.2) is 54.0 Å². The van der Waals surface area contributed by atoms with Crippen molar-refractivity contribution in [3.63, 3.8) is 0 Å². The number of rotatable bonds is 8. The van der Waals surface area contributed by atoms with E-state index in [1.54, 1.807) is 19.1 Å². The van der Waals surface area contributed by atoms with Gasteiger partial charge in [0.15, 0.2) is 16.4 Å². The zero-order chi connectivity index (χ0) is 20.6. The smallest absolute Gasteiger partial charge is 0.331 e. The molecule has 0 radical (unpaired) electrons. The van der Waals surface area contributed by atoms with Gasteiger partial charge < -0.3 is 14.4 Å². The second-order valence-electron chi connectivity index (χ2n) is 5.93. The molecule has 0 aromatic heterocycles. The van der Waals surface area contributed by atoms with E-state index in [4.69, 9.17) is 4.74 Å². The van der Waals surface area contributed by atoms with Gasteiger partial charge in [-0.1, -0.05) is 30.3 Å². The molecule has 1 aromatic rings. The molecule has 28 heavy (non-hydrogen) atoms. The summed E-state index contributed by atoms with van der Waals surface area (Å²) < 4.78 is 33.0. The van der Waals surface area contributed by atoms with Gasteiger partial charge in [-0.3, -0.25) is 4.79 Å². The van der Waals surface area contributed by atoms with Gasteiger partial charge in [0, 0.05) is 24.1 Å². The first-order valence-electron chi connectivity index (χ1n) is 8.56. The first-order valence-corrected chi connectivity index (χ1v) is 10.3. The van der Waals surface area contributed by atoms with Gasteiger partial charge in [0.05, 0.1) is 18.4 Å². The lowest BCUT2D eigenvalue weighted by atomic mass is 10.2. The molecular formula is C19H21NO7S. The number of carbonyl (C=O) groups excluding carboxylic acids is 3. The average Bonchev–Trinajstić information content (AvgIpc) is 3.03. The van der Waals surface area contributed by atoms with Crippen molar-refractivity contribution in [3.05, 3.63) is 59.5 Å². The van der Waals surface area contributed by atoms with Crippen LogP contribution in [-0.2, 0) is 40.2 Å². The Morgan fingerprint density at radius 2 is 1.75 bits per heavy atom. The predicted octanol–water partition coefficient (Wildman–Crippen LogP) is 0.988. The maximum absolute atomic E-state index is 12.6. The number of hydrogen-bond acceptors (Lipinski definition) is 7. The van der Waals surface area contributed by atoms with Crippen LogP contribution < -0.4 is 0 Å². The zero-order valence-electron chi connectivity index (χ0n) is 15.3. The summed E-state index contributed by atoms with van der Waals surface area (Å²) in [5.74, 6) is -2.34. The molecule has 1 amide bonds. The molecule has 0 fully saturated rings. The quantitative estimate of drug-likeness (QED) is 0.467. The number of esters is 2. The molecule has 8 nitrogen and oxygen atoms in total. The van der Waals surface area contributed by atoms with Crippen LogP contribution in [0.5, 0.6) is 0 Å². The number of ether oxygens (including phenoxy) is 2. The highest BCUT2D eigenvalue weighted by atomic mass is 32.2. The van der Waals surface area contributed by atoms with Crippen LogP contribution >= 0.6 is 0 Å². The molecule has 1 aromatic carbocycles. The van der Waals surface area contributed by atoms with Crippen LogP contribution in [0.25, 0.3) is 0 Å². The van der Waals surface area contributed by atoms with Gasteiger partial charge in [-0.15, -0.1) is 0 Å². The van der Waals surface area contributed by atoms with E-state index in [9.17, 15) is 22.8 Å². The van der Waals surface area contributed by atoms with Crippen LogP contribution in [0.4, 0.5) is 0 Å². The first-order chi connectivity index (χ1) is 13.3. The largest absolute Gasteiger partial charge is 0.463 e. The molecule has 0 spiro atoms. The summed E-state index contributed by atoms with van der Waals surface area (Å²) in [6.07, 6.45) is 3.22. The number of nitrogens with zero attached hydrogens (tertiary/aromatic N) is 1. The molecule has 1 aliphatic rings. The second kappa shape index (κ2) is 9.84. The van der Waals surface area contributed by atoms with Gasteiger partial charge in [0.2, 0.25) is 0 Å². The summed E-state index contributed by atoms with van der Waals surface area (Å²) in [4.78, 5) is 36.8. The fourth-order valence-electron chi connectivity index (χ4n) is 2.51. The van der Waals surface area contributed by atoms with Crippen molar-refractivity contribution >= 4 is 27.7 Å². The van der Waals surface area contributed by atoms with Gasteiger partial charge >= 0.3 is 11.9 Å². The molecule has 0 unspecified atom stereocenters. The van der Waals surface area contributed by atoms with Gasteiger partial charge in [-0.25, -0.2) is 18.0 Å². The molecule has 1 aliphatic heterocycles. The Labute approximate surface area is 163 Å². The van der Waals surface area contributed by atoms with Crippen LogP contribution in [0.3, 0.4) is 0 Å². The molecular weight excluding hydrogens is 386 g/mol. The molecule has 1 heterocycles. The van der Waals surface area contributed by atoms with E-state index in [1.165, 1.54) is 11.0 Å². The summed E-state index contributed by atoms with van der Waals surface area (Å²) in [6, 6.07) is 8.40. The van der Waals surface area contributed by atoms with Crippen molar-refractivity contribution < 1.29 is 32.3 Å². The number of carbonyl (C=O) groups is 3. The molecule has 0 bridgehead atoms. The number of benzene rings is 1. The highest BCUT2D eigenvalue weighted by molar-refractivity contribution is 7.94. The minimum absolute atomic E-state index is 0.167. The highest BCUT2D eigenvalue weighted by Gasteiger charge is 2.30. The van der Waals surface area contributed by atoms with Gasteiger partial charge in [0.25, 0.3) is 5.91 Å². The maximum atomic E-state index is 12.6. The fourth-order valence-corrected chi connectivity index (χ4v) is 3.81. The molecule has 150 valence electrons. The Morgan fingerprint density at radius 1 is 1.11 bits per heavy atom. The van der Waals surface area contributed by atoms with Crippen molar-refractivity contribution in [2.75, 3.05) is 19.0 Å². The predicted molar refractivity (Wildman–Crippen MR) is 100 cm³/mol. The number of sulfone groups is 1. The fraction of sp³-hybridized carbons (Fsp3) is 0.316. The van der Waals surface area contributed by atoms with E-state index >= 15 is 0 Å². The summed E-state index contributed by atoms with van der Waals surface area (Å²) in [6.45, 7) is 1.38. The van der Waals surface area contributed by atoms with E-state index in [1.807, 2.05) is 18.2 Å². The first kappa shape index (κ1) is 21.4. The lowest BCUT2D eigenvalue weighted by Crippen LogP contribution is -2.42. The van der Waals surface area contributed by atoms with Gasteiger partial charge in [-0.2, -0.15) is 0 Å². The third-order valence-corrected chi connectivity index (χ3v) is 5.19. The van der Waals surface area contributed by atoms with E-state index < -0.39 is 40.3 Å². The lowest BCUT2D eigenvalue weighted by molar-refractivity contribution is -0.149. The lowest BCUT2D eigenvalue weighted by Gasteiger charge is -2.27. The van der Waals surface area contributed by atoms with Crippen LogP contribution in [0.1, 0.15) is 12.5 Å². The van der Waals surface area contributed by atoms with Crippen molar-refractivity contribution in [3.8, 4) is 0 Å². The average molecular weight is 407 g/mol. The van der Waals surface area contributed by atoms with Gasteiger partial charge in [-0.05, 0) is 18.6 Å². The third kappa shape index (κ3) is 6.66. The Bertz CT molecular complexity index is 875. The highest BCUT2D eigenvalue weighted by Crippen LogP contribution is 2.18. The summed E-state index contributed by atoms with van der Waals surface area (Å²) in [5, 5.41) is 1.08. The SMILES string of the molecule is CCOC(=O)/C=C/C(=O)OCC(=O)N(Cc1ccccc1)[C@@H]1C=CS(=O)(=O)C1. The molecule has 9 heteroatoms. The molecule has 0 saturated heterocycles. The summed E-state index contributed by atoms with van der Waals surface area (Å²) in [5.41, 5.74) is 0.807. The molecule has 2 rings (SSSR count). The number of hydrogen-bond donors (Lipinski definition) is 0. The summed E-state index contributed by atoms with van der Waals surface area (Å²) >= 11 is 0. The monoisotopic (exact) mass is 407 g/mol. The Hall–Kier alpha value is -2.94. The van der Waals surface area contributed by atoms with Crippen LogP contribution in [0.2, 0.25) is 0 Å². The molecule has 1 atom stereocenters. The molecule has 0 aliphatic carbocycles. The maximum Gasteiger partial charge on any atom is 0.331 e. The van der Waals surface area contributed by atoms with Gasteiger partial charge in [0.1, 0.15) is 0 Å². The third-order valence-electron chi connectivity index (χ3n) is 3.81. The van der Waals surface area contributed by atoms with Crippen LogP contribution in [0, 0.1) is 0 Å². The van der Waals surface area contributed by atoms with Crippen molar-refractivity contribution in [2.24, 2.45) is 0 Å². The Kier molecular flexibility index (Phi) is 7.51. The van der Waals surface area contributed by atoms with Crippen molar-refractivity contribution in [2.45, 2.75) is 19.5 Å². The zero-order valence-corrected chi connectivity index (χ0v) is 16.1. The standard InChI is InChI=1S/C19H21NO7S/c1-2-26-18(22)8-9-19(23)27-13-17(21)20(12-15-6-4-3-5-7-15)16-10-11-28(24,25)14-16/h3-11,16H,2,12-14H2,1H3/b9-8+/t16-/m1/s1. The topological polar surface area (TPSA) is 107 Å². The second-order valence-corrected chi connectivity index (χ2v) is 7.86. The van der Waals surface area contributed by atoms with Crippen LogP contribution in [-0.4, -0.2) is 56.2 Å². The van der Waals surface area contributed by atoms with E-state index in [-0.39, 0.29) is 18.9 Å². The van der Waals surface area contributed by atoms with E-state index in [0.29, 0.717) is 0 Å². The Balaban J connectivity index is 2.02. The minimum Gasteiger partial charge on any atom is -0.463 e. The summed E-state index contributed by atoms with van der Waals surface area (Å²) in [7, 11) is -3.37. The van der Waals surface area contributed by atoms with E-state index in [2.05, 4.69) is 4.74 Å². The number of amides is 1. The van der Waals surface area contributed by atoms with Crippen molar-refractivity contribution in [1.82, 2.24) is 4.90 Å². The Morgan fingerprint density at radius 3 is 2.32 bits per heavy atom. The molecule has 0 N–H and O–H groups in total. The molecule has 0 saturated carbocycles. The normalized spacial score (nSPS) is 17.4.